The highest BCUT2D eigenvalue weighted by Gasteiger charge is 2.29. The molecule has 0 spiro atoms. The fourth-order valence-corrected chi connectivity index (χ4v) is 5.18. The van der Waals surface area contributed by atoms with Gasteiger partial charge in [0.15, 0.2) is 0 Å². The van der Waals surface area contributed by atoms with E-state index < -0.39 is 16.1 Å². The molecule has 0 heterocycles. The fourth-order valence-electron chi connectivity index (χ4n) is 4.21. The van der Waals surface area contributed by atoms with E-state index in [-0.39, 0.29) is 43.8 Å². The summed E-state index contributed by atoms with van der Waals surface area (Å²) in [6, 6.07) is 13.6. The zero-order valence-corrected chi connectivity index (χ0v) is 24.8. The number of amides is 2. The number of nitrogens with zero attached hydrogens (tertiary/aromatic N) is 2. The molecule has 2 aromatic rings. The number of benzene rings is 2. The van der Waals surface area contributed by atoms with Gasteiger partial charge in [0.1, 0.15) is 17.5 Å². The first-order valence-electron chi connectivity index (χ1n) is 13.5. The molecule has 216 valence electrons. The first-order valence-corrected chi connectivity index (χ1v) is 15.3. The molecule has 2 amide bonds. The van der Waals surface area contributed by atoms with Crippen molar-refractivity contribution in [1.29, 1.82) is 0 Å². The number of carbonyl (C=O) groups excluding carboxylic acids is 2. The maximum absolute atomic E-state index is 13.6. The van der Waals surface area contributed by atoms with E-state index in [4.69, 9.17) is 9.47 Å². The molecular formula is C29H43N3O6S. The van der Waals surface area contributed by atoms with Gasteiger partial charge in [-0.05, 0) is 62.9 Å². The van der Waals surface area contributed by atoms with Crippen molar-refractivity contribution in [2.24, 2.45) is 0 Å². The summed E-state index contributed by atoms with van der Waals surface area (Å²) in [6.45, 7) is 8.37. The van der Waals surface area contributed by atoms with E-state index in [2.05, 4.69) is 5.32 Å². The number of para-hydroxylation sites is 2. The Kier molecular flexibility index (Phi) is 12.6. The summed E-state index contributed by atoms with van der Waals surface area (Å²) < 4.78 is 37.5. The number of rotatable bonds is 16. The van der Waals surface area contributed by atoms with Crippen LogP contribution in [0.3, 0.4) is 0 Å². The summed E-state index contributed by atoms with van der Waals surface area (Å²) in [5.41, 5.74) is 1.30. The molecule has 0 fully saturated rings. The van der Waals surface area contributed by atoms with Gasteiger partial charge in [-0.1, -0.05) is 38.1 Å². The minimum Gasteiger partial charge on any atom is -0.497 e. The summed E-state index contributed by atoms with van der Waals surface area (Å²) in [5.74, 6) is 0.748. The summed E-state index contributed by atoms with van der Waals surface area (Å²) >= 11 is 0. The smallest absolute Gasteiger partial charge is 0.243 e. The van der Waals surface area contributed by atoms with Gasteiger partial charge in [-0.25, -0.2) is 8.42 Å². The molecule has 0 bridgehead atoms. The van der Waals surface area contributed by atoms with Crippen molar-refractivity contribution in [3.63, 3.8) is 0 Å². The lowest BCUT2D eigenvalue weighted by atomic mass is 10.1. The lowest BCUT2D eigenvalue weighted by molar-refractivity contribution is -0.141. The highest BCUT2D eigenvalue weighted by Crippen LogP contribution is 2.30. The molecule has 2 atom stereocenters. The Labute approximate surface area is 233 Å². The van der Waals surface area contributed by atoms with Crippen molar-refractivity contribution in [3.05, 3.63) is 54.1 Å². The van der Waals surface area contributed by atoms with Crippen LogP contribution in [-0.4, -0.2) is 63.7 Å². The number of methoxy groups -OCH3 is 1. The lowest BCUT2D eigenvalue weighted by Crippen LogP contribution is -2.50. The number of sulfonamides is 1. The second-order valence-corrected chi connectivity index (χ2v) is 11.4. The van der Waals surface area contributed by atoms with Crippen LogP contribution in [0, 0.1) is 0 Å². The van der Waals surface area contributed by atoms with Gasteiger partial charge < -0.3 is 19.7 Å². The van der Waals surface area contributed by atoms with Crippen LogP contribution in [0.25, 0.3) is 0 Å². The molecule has 2 rings (SSSR count). The zero-order valence-electron chi connectivity index (χ0n) is 24.0. The fraction of sp³-hybridized carbons (Fsp3) is 0.517. The first kappa shape index (κ1) is 31.9. The summed E-state index contributed by atoms with van der Waals surface area (Å²) in [4.78, 5) is 28.3. The van der Waals surface area contributed by atoms with Crippen LogP contribution in [-0.2, 0) is 26.2 Å². The molecule has 0 saturated heterocycles. The van der Waals surface area contributed by atoms with Crippen molar-refractivity contribution in [2.45, 2.75) is 72.0 Å². The molecule has 0 aromatic heterocycles. The van der Waals surface area contributed by atoms with Crippen LogP contribution >= 0.6 is 0 Å². The van der Waals surface area contributed by atoms with E-state index in [0.29, 0.717) is 30.2 Å². The van der Waals surface area contributed by atoms with Crippen molar-refractivity contribution in [3.8, 4) is 11.5 Å². The average molecular weight is 562 g/mol. The van der Waals surface area contributed by atoms with Crippen LogP contribution in [0.1, 0.15) is 58.9 Å². The third kappa shape index (κ3) is 9.45. The quantitative estimate of drug-likeness (QED) is 0.327. The van der Waals surface area contributed by atoms with E-state index in [1.807, 2.05) is 52.0 Å². The molecule has 9 nitrogen and oxygen atoms in total. The molecule has 0 radical (unpaired) electrons. The Bertz CT molecular complexity index is 1170. The predicted molar refractivity (Wildman–Crippen MR) is 155 cm³/mol. The normalized spacial score (nSPS) is 12.8. The van der Waals surface area contributed by atoms with Crippen molar-refractivity contribution >= 4 is 27.5 Å². The SMILES string of the molecule is CCOc1ccccc1N(CCCC(=O)N(Cc1ccc(OC)cc1)[C@H](CC)C(=O)N[C@H](C)CC)S(C)(=O)=O. The monoisotopic (exact) mass is 561 g/mol. The van der Waals surface area contributed by atoms with Gasteiger partial charge in [0.05, 0.1) is 25.7 Å². The van der Waals surface area contributed by atoms with E-state index in [9.17, 15) is 18.0 Å². The number of hydrogen-bond acceptors (Lipinski definition) is 6. The minimum absolute atomic E-state index is 0.0155. The van der Waals surface area contributed by atoms with Crippen molar-refractivity contribution in [2.75, 3.05) is 30.8 Å². The Morgan fingerprint density at radius 1 is 1.00 bits per heavy atom. The predicted octanol–water partition coefficient (Wildman–Crippen LogP) is 4.36. The number of anilines is 1. The van der Waals surface area contributed by atoms with E-state index >= 15 is 0 Å². The molecule has 1 N–H and O–H groups in total. The third-order valence-corrected chi connectivity index (χ3v) is 7.66. The minimum atomic E-state index is -3.63. The summed E-state index contributed by atoms with van der Waals surface area (Å²) in [6.07, 6.45) is 2.71. The van der Waals surface area contributed by atoms with Gasteiger partial charge in [0, 0.05) is 25.6 Å². The molecular weight excluding hydrogens is 518 g/mol. The Balaban J connectivity index is 2.26. The van der Waals surface area contributed by atoms with Gasteiger partial charge in [0.25, 0.3) is 0 Å². The Morgan fingerprint density at radius 2 is 1.67 bits per heavy atom. The molecule has 2 aromatic carbocycles. The number of ether oxygens (including phenoxy) is 2. The van der Waals surface area contributed by atoms with Crippen LogP contribution in [0.2, 0.25) is 0 Å². The van der Waals surface area contributed by atoms with E-state index in [1.54, 1.807) is 36.3 Å². The zero-order chi connectivity index (χ0) is 29.0. The molecule has 0 aliphatic rings. The molecule has 0 aliphatic carbocycles. The van der Waals surface area contributed by atoms with Gasteiger partial charge in [0.2, 0.25) is 21.8 Å². The molecule has 0 saturated carbocycles. The van der Waals surface area contributed by atoms with E-state index in [1.165, 1.54) is 4.31 Å². The summed E-state index contributed by atoms with van der Waals surface area (Å²) in [7, 11) is -2.04. The van der Waals surface area contributed by atoms with Gasteiger partial charge in [-0.2, -0.15) is 0 Å². The number of hydrogen-bond donors (Lipinski definition) is 1. The Morgan fingerprint density at radius 3 is 2.23 bits per heavy atom. The maximum Gasteiger partial charge on any atom is 0.243 e. The maximum atomic E-state index is 13.6. The van der Waals surface area contributed by atoms with Crippen molar-refractivity contribution < 1.29 is 27.5 Å². The standard InChI is InChI=1S/C29H43N3O6S/c1-7-22(4)30-29(34)25(8-2)31(21-23-16-18-24(37-5)19-17-23)28(33)15-12-20-32(39(6,35)36)26-13-10-11-14-27(26)38-9-3/h10-11,13-14,16-19,22,25H,7-9,12,15,20-21H2,1-6H3,(H,30,34)/t22-,25-/m1/s1. The second kappa shape index (κ2) is 15.4. The Hall–Kier alpha value is -3.27. The van der Waals surface area contributed by atoms with Crippen LogP contribution in [0.4, 0.5) is 5.69 Å². The highest BCUT2D eigenvalue weighted by molar-refractivity contribution is 7.92. The van der Waals surface area contributed by atoms with Crippen LogP contribution in [0.15, 0.2) is 48.5 Å². The molecule has 39 heavy (non-hydrogen) atoms. The van der Waals surface area contributed by atoms with Gasteiger partial charge >= 0.3 is 0 Å². The second-order valence-electron chi connectivity index (χ2n) is 9.45. The average Bonchev–Trinajstić information content (AvgIpc) is 2.91. The lowest BCUT2D eigenvalue weighted by Gasteiger charge is -2.32. The van der Waals surface area contributed by atoms with Crippen LogP contribution in [0.5, 0.6) is 11.5 Å². The van der Waals surface area contributed by atoms with Crippen molar-refractivity contribution in [1.82, 2.24) is 10.2 Å². The molecule has 0 unspecified atom stereocenters. The summed E-state index contributed by atoms with van der Waals surface area (Å²) in [5, 5.41) is 3.00. The highest BCUT2D eigenvalue weighted by atomic mass is 32.2. The molecule has 0 aliphatic heterocycles. The number of nitrogens with one attached hydrogen (secondary N) is 1. The molecule has 10 heteroatoms. The third-order valence-electron chi connectivity index (χ3n) is 6.48. The van der Waals surface area contributed by atoms with E-state index in [0.717, 1.165) is 18.2 Å². The number of carbonyl (C=O) groups is 2. The van der Waals surface area contributed by atoms with Gasteiger partial charge in [-0.3, -0.25) is 13.9 Å². The first-order chi connectivity index (χ1) is 18.5. The largest absolute Gasteiger partial charge is 0.497 e. The topological polar surface area (TPSA) is 105 Å². The van der Waals surface area contributed by atoms with Gasteiger partial charge in [-0.15, -0.1) is 0 Å². The van der Waals surface area contributed by atoms with Crippen LogP contribution < -0.4 is 19.1 Å².